The number of aliphatic hydroxyl groups is 1. The number of nitrogens with zero attached hydrogens (tertiary/aromatic N) is 3. The first kappa shape index (κ1) is 13.1. The summed E-state index contributed by atoms with van der Waals surface area (Å²) in [5, 5.41) is 12.3. The third-order valence-electron chi connectivity index (χ3n) is 3.24. The maximum Gasteiger partial charge on any atom is 0.134 e. The minimum Gasteiger partial charge on any atom is -0.396 e. The molecule has 2 rings (SSSR count). The summed E-state index contributed by atoms with van der Waals surface area (Å²) in [6, 6.07) is 2.37. The van der Waals surface area contributed by atoms with Crippen molar-refractivity contribution in [1.82, 2.24) is 9.97 Å². The Labute approximate surface area is 108 Å². The van der Waals surface area contributed by atoms with Gasteiger partial charge in [0.2, 0.25) is 0 Å². The van der Waals surface area contributed by atoms with Gasteiger partial charge in [0.05, 0.1) is 0 Å². The standard InChI is InChI=1S/C13H22N4O/c1-10(2)16-12-7-13(15-9-14-12)17-5-3-11(8-17)4-6-18/h7,9-11,18H,3-6,8H2,1-2H3,(H,14,15,16). The Morgan fingerprint density at radius 2 is 2.33 bits per heavy atom. The highest BCUT2D eigenvalue weighted by molar-refractivity contribution is 5.49. The van der Waals surface area contributed by atoms with Crippen LogP contribution in [0.15, 0.2) is 12.4 Å². The van der Waals surface area contributed by atoms with Crippen molar-refractivity contribution in [3.8, 4) is 0 Å². The highest BCUT2D eigenvalue weighted by atomic mass is 16.3. The Kier molecular flexibility index (Phi) is 4.36. The van der Waals surface area contributed by atoms with Crippen molar-refractivity contribution in [3.63, 3.8) is 0 Å². The third-order valence-corrected chi connectivity index (χ3v) is 3.24. The molecule has 0 saturated carbocycles. The van der Waals surface area contributed by atoms with E-state index in [1.165, 1.54) is 0 Å². The molecule has 2 heterocycles. The van der Waals surface area contributed by atoms with Crippen LogP contribution in [0.25, 0.3) is 0 Å². The SMILES string of the molecule is CC(C)Nc1cc(N2CCC(CCO)C2)ncn1. The molecule has 18 heavy (non-hydrogen) atoms. The van der Waals surface area contributed by atoms with Gasteiger partial charge in [0.15, 0.2) is 0 Å². The van der Waals surface area contributed by atoms with E-state index in [0.29, 0.717) is 12.0 Å². The fourth-order valence-electron chi connectivity index (χ4n) is 2.35. The van der Waals surface area contributed by atoms with Gasteiger partial charge < -0.3 is 15.3 Å². The molecule has 1 aromatic rings. The zero-order valence-corrected chi connectivity index (χ0v) is 11.1. The van der Waals surface area contributed by atoms with Crippen molar-refractivity contribution in [2.75, 3.05) is 29.9 Å². The van der Waals surface area contributed by atoms with E-state index in [4.69, 9.17) is 5.11 Å². The molecule has 1 aliphatic rings. The minimum atomic E-state index is 0.280. The smallest absolute Gasteiger partial charge is 0.134 e. The summed E-state index contributed by atoms with van der Waals surface area (Å²) >= 11 is 0. The van der Waals surface area contributed by atoms with Crippen LogP contribution in [0.2, 0.25) is 0 Å². The van der Waals surface area contributed by atoms with Gasteiger partial charge in [-0.25, -0.2) is 9.97 Å². The highest BCUT2D eigenvalue weighted by Gasteiger charge is 2.23. The summed E-state index contributed by atoms with van der Waals surface area (Å²) in [7, 11) is 0. The molecule has 0 radical (unpaired) electrons. The van der Waals surface area contributed by atoms with Crippen LogP contribution in [-0.2, 0) is 0 Å². The molecule has 1 saturated heterocycles. The van der Waals surface area contributed by atoms with Gasteiger partial charge in [-0.05, 0) is 32.6 Å². The van der Waals surface area contributed by atoms with Crippen LogP contribution in [0.4, 0.5) is 11.6 Å². The largest absolute Gasteiger partial charge is 0.396 e. The summed E-state index contributed by atoms with van der Waals surface area (Å²) in [6.07, 6.45) is 3.63. The summed E-state index contributed by atoms with van der Waals surface area (Å²) < 4.78 is 0. The molecule has 5 nitrogen and oxygen atoms in total. The van der Waals surface area contributed by atoms with Crippen LogP contribution in [0.5, 0.6) is 0 Å². The molecular formula is C13H22N4O. The van der Waals surface area contributed by atoms with Crippen LogP contribution in [-0.4, -0.2) is 40.8 Å². The molecule has 100 valence electrons. The van der Waals surface area contributed by atoms with Crippen molar-refractivity contribution in [1.29, 1.82) is 0 Å². The summed E-state index contributed by atoms with van der Waals surface area (Å²) in [5.41, 5.74) is 0. The summed E-state index contributed by atoms with van der Waals surface area (Å²) in [6.45, 7) is 6.47. The van der Waals surface area contributed by atoms with Crippen molar-refractivity contribution in [2.45, 2.75) is 32.7 Å². The third kappa shape index (κ3) is 3.32. The van der Waals surface area contributed by atoms with Crippen LogP contribution in [0, 0.1) is 5.92 Å². The number of hydrogen-bond donors (Lipinski definition) is 2. The second-order valence-electron chi connectivity index (χ2n) is 5.17. The van der Waals surface area contributed by atoms with Gasteiger partial charge in [-0.1, -0.05) is 0 Å². The number of nitrogens with one attached hydrogen (secondary N) is 1. The number of rotatable bonds is 5. The molecular weight excluding hydrogens is 228 g/mol. The van der Waals surface area contributed by atoms with Crippen LogP contribution in [0.3, 0.4) is 0 Å². The number of hydrogen-bond acceptors (Lipinski definition) is 5. The lowest BCUT2D eigenvalue weighted by molar-refractivity contribution is 0.263. The molecule has 0 amide bonds. The molecule has 1 fully saturated rings. The molecule has 0 spiro atoms. The minimum absolute atomic E-state index is 0.280. The molecule has 0 aromatic carbocycles. The van der Waals surface area contributed by atoms with E-state index in [1.54, 1.807) is 6.33 Å². The first-order chi connectivity index (χ1) is 8.69. The molecule has 0 bridgehead atoms. The lowest BCUT2D eigenvalue weighted by Crippen LogP contribution is -2.21. The van der Waals surface area contributed by atoms with Crippen molar-refractivity contribution < 1.29 is 5.11 Å². The van der Waals surface area contributed by atoms with E-state index >= 15 is 0 Å². The fourth-order valence-corrected chi connectivity index (χ4v) is 2.35. The second-order valence-corrected chi connectivity index (χ2v) is 5.17. The Morgan fingerprint density at radius 1 is 1.50 bits per heavy atom. The lowest BCUT2D eigenvalue weighted by Gasteiger charge is -2.18. The first-order valence-corrected chi connectivity index (χ1v) is 6.63. The van der Waals surface area contributed by atoms with E-state index in [-0.39, 0.29) is 6.61 Å². The van der Waals surface area contributed by atoms with Crippen molar-refractivity contribution >= 4 is 11.6 Å². The topological polar surface area (TPSA) is 61.3 Å². The van der Waals surface area contributed by atoms with Crippen LogP contribution < -0.4 is 10.2 Å². The normalized spacial score (nSPS) is 19.6. The zero-order valence-electron chi connectivity index (χ0n) is 11.1. The predicted octanol–water partition coefficient (Wildman–Crippen LogP) is 1.51. The Bertz CT molecular complexity index is 383. The average molecular weight is 250 g/mol. The average Bonchev–Trinajstić information content (AvgIpc) is 2.78. The Morgan fingerprint density at radius 3 is 3.06 bits per heavy atom. The van der Waals surface area contributed by atoms with Gasteiger partial charge >= 0.3 is 0 Å². The summed E-state index contributed by atoms with van der Waals surface area (Å²) in [5.74, 6) is 2.45. The maximum absolute atomic E-state index is 8.97. The quantitative estimate of drug-likeness (QED) is 0.829. The maximum atomic E-state index is 8.97. The lowest BCUT2D eigenvalue weighted by atomic mass is 10.1. The van der Waals surface area contributed by atoms with Crippen molar-refractivity contribution in [3.05, 3.63) is 12.4 Å². The monoisotopic (exact) mass is 250 g/mol. The van der Waals surface area contributed by atoms with Gasteiger partial charge in [-0.3, -0.25) is 0 Å². The summed E-state index contributed by atoms with van der Waals surface area (Å²) in [4.78, 5) is 10.8. The molecule has 1 atom stereocenters. The van der Waals surface area contributed by atoms with Gasteiger partial charge in [-0.15, -0.1) is 0 Å². The molecule has 2 N–H and O–H groups in total. The van der Waals surface area contributed by atoms with E-state index < -0.39 is 0 Å². The molecule has 1 aliphatic heterocycles. The Hall–Kier alpha value is -1.36. The van der Waals surface area contributed by atoms with Gasteiger partial charge in [0.1, 0.15) is 18.0 Å². The second kappa shape index (κ2) is 6.00. The zero-order chi connectivity index (χ0) is 13.0. The van der Waals surface area contributed by atoms with E-state index in [9.17, 15) is 0 Å². The molecule has 1 aromatic heterocycles. The number of aromatic nitrogens is 2. The van der Waals surface area contributed by atoms with Crippen LogP contribution >= 0.6 is 0 Å². The van der Waals surface area contributed by atoms with E-state index in [0.717, 1.165) is 37.6 Å². The first-order valence-electron chi connectivity index (χ1n) is 6.63. The molecule has 5 heteroatoms. The molecule has 1 unspecified atom stereocenters. The number of anilines is 2. The predicted molar refractivity (Wildman–Crippen MR) is 72.8 cm³/mol. The number of aliphatic hydroxyl groups excluding tert-OH is 1. The van der Waals surface area contributed by atoms with Gasteiger partial charge in [0.25, 0.3) is 0 Å². The van der Waals surface area contributed by atoms with E-state index in [1.807, 2.05) is 6.07 Å². The van der Waals surface area contributed by atoms with Crippen molar-refractivity contribution in [2.24, 2.45) is 5.92 Å². The van der Waals surface area contributed by atoms with Crippen LogP contribution in [0.1, 0.15) is 26.7 Å². The Balaban J connectivity index is 2.01. The van der Waals surface area contributed by atoms with Gasteiger partial charge in [0, 0.05) is 31.8 Å². The fraction of sp³-hybridized carbons (Fsp3) is 0.692. The highest BCUT2D eigenvalue weighted by Crippen LogP contribution is 2.24. The molecule has 0 aliphatic carbocycles. The van der Waals surface area contributed by atoms with E-state index in [2.05, 4.69) is 34.0 Å². The van der Waals surface area contributed by atoms with Gasteiger partial charge in [-0.2, -0.15) is 0 Å².